The summed E-state index contributed by atoms with van der Waals surface area (Å²) in [4.78, 5) is 11.6. The van der Waals surface area contributed by atoms with Crippen LogP contribution in [0.4, 0.5) is 0 Å². The summed E-state index contributed by atoms with van der Waals surface area (Å²) >= 11 is 3.48. The number of halogens is 1. The largest absolute Gasteiger partial charge is 0.449 e. The first-order valence-corrected chi connectivity index (χ1v) is 6.17. The quantitative estimate of drug-likeness (QED) is 0.789. The molecular weight excluding hydrogens is 268 g/mol. The van der Waals surface area contributed by atoms with E-state index < -0.39 is 0 Å². The molecule has 2 nitrogen and oxygen atoms in total. The van der Waals surface area contributed by atoms with Crippen molar-refractivity contribution in [3.8, 4) is 0 Å². The molecule has 0 N–H and O–H groups in total. The van der Waals surface area contributed by atoms with Crippen molar-refractivity contribution in [3.63, 3.8) is 0 Å². The minimum Gasteiger partial charge on any atom is -0.449 e. The molecule has 1 aromatic carbocycles. The maximum Gasteiger partial charge on any atom is 0.335 e. The summed E-state index contributed by atoms with van der Waals surface area (Å²) in [5.74, 6) is -0.192. The molecule has 2 rings (SSSR count). The first-order chi connectivity index (χ1) is 7.74. The molecule has 16 heavy (non-hydrogen) atoms. The molecule has 0 bridgehead atoms. The number of ether oxygens (including phenoxy) is 1. The van der Waals surface area contributed by atoms with Gasteiger partial charge in [-0.15, -0.1) is 0 Å². The van der Waals surface area contributed by atoms with E-state index in [1.54, 1.807) is 0 Å². The number of benzene rings is 1. The molecule has 1 aliphatic heterocycles. The summed E-state index contributed by atoms with van der Waals surface area (Å²) in [6, 6.07) is 9.77. The predicted octanol–water partition coefficient (Wildman–Crippen LogP) is 3.73. The fourth-order valence-corrected chi connectivity index (χ4v) is 2.52. The van der Waals surface area contributed by atoms with Gasteiger partial charge >= 0.3 is 5.97 Å². The van der Waals surface area contributed by atoms with Crippen LogP contribution < -0.4 is 0 Å². The van der Waals surface area contributed by atoms with E-state index in [2.05, 4.69) is 22.9 Å². The summed E-state index contributed by atoms with van der Waals surface area (Å²) in [7, 11) is 0. The molecule has 0 aromatic heterocycles. The second-order valence-corrected chi connectivity index (χ2v) is 4.63. The lowest BCUT2D eigenvalue weighted by atomic mass is 10.1. The maximum absolute atomic E-state index is 11.6. The zero-order chi connectivity index (χ0) is 11.5. The summed E-state index contributed by atoms with van der Waals surface area (Å²) < 4.78 is 6.25. The SMILES string of the molecule is CCCC1=C(Br)C(c2ccccc2)OC1=O. The molecule has 3 heteroatoms. The highest BCUT2D eigenvalue weighted by atomic mass is 79.9. The molecule has 1 atom stereocenters. The van der Waals surface area contributed by atoms with E-state index in [1.165, 1.54) is 0 Å². The Morgan fingerprint density at radius 2 is 2.00 bits per heavy atom. The van der Waals surface area contributed by atoms with Crippen LogP contribution in [0.25, 0.3) is 0 Å². The molecule has 0 radical (unpaired) electrons. The predicted molar refractivity (Wildman–Crippen MR) is 66.1 cm³/mol. The molecule has 0 fully saturated rings. The number of hydrogen-bond acceptors (Lipinski definition) is 2. The van der Waals surface area contributed by atoms with Gasteiger partial charge in [0.05, 0.1) is 10.1 Å². The van der Waals surface area contributed by atoms with Crippen LogP contribution in [-0.2, 0) is 9.53 Å². The topological polar surface area (TPSA) is 26.3 Å². The van der Waals surface area contributed by atoms with Crippen molar-refractivity contribution in [1.29, 1.82) is 0 Å². The molecule has 1 heterocycles. The molecule has 84 valence electrons. The summed E-state index contributed by atoms with van der Waals surface area (Å²) in [6.07, 6.45) is 1.46. The number of carbonyl (C=O) groups is 1. The van der Waals surface area contributed by atoms with E-state index in [0.29, 0.717) is 0 Å². The lowest BCUT2D eigenvalue weighted by Gasteiger charge is -2.10. The molecule has 0 saturated heterocycles. The minimum atomic E-state index is -0.254. The monoisotopic (exact) mass is 280 g/mol. The third kappa shape index (κ3) is 2.05. The summed E-state index contributed by atoms with van der Waals surface area (Å²) in [6.45, 7) is 2.05. The van der Waals surface area contributed by atoms with E-state index in [1.807, 2.05) is 30.3 Å². The number of esters is 1. The number of cyclic esters (lactones) is 1. The van der Waals surface area contributed by atoms with Crippen molar-refractivity contribution in [3.05, 3.63) is 46.0 Å². The molecule has 1 aromatic rings. The Hall–Kier alpha value is -1.09. The molecule has 0 saturated carbocycles. The van der Waals surface area contributed by atoms with Gasteiger partial charge in [0, 0.05) is 0 Å². The van der Waals surface area contributed by atoms with Gasteiger partial charge in [0.15, 0.2) is 6.10 Å². The highest BCUT2D eigenvalue weighted by Gasteiger charge is 2.32. The Balaban J connectivity index is 2.30. The second kappa shape index (κ2) is 4.83. The molecule has 0 amide bonds. The minimum absolute atomic E-state index is 0.192. The van der Waals surface area contributed by atoms with Crippen LogP contribution >= 0.6 is 15.9 Å². The van der Waals surface area contributed by atoms with Crippen LogP contribution in [0.15, 0.2) is 40.4 Å². The van der Waals surface area contributed by atoms with Gasteiger partial charge in [0.2, 0.25) is 0 Å². The fourth-order valence-electron chi connectivity index (χ4n) is 1.80. The molecule has 1 aliphatic rings. The third-order valence-corrected chi connectivity index (χ3v) is 3.49. The van der Waals surface area contributed by atoms with Gasteiger partial charge in [-0.1, -0.05) is 59.6 Å². The first kappa shape index (κ1) is 11.4. The Labute approximate surface area is 103 Å². The Morgan fingerprint density at radius 3 is 2.62 bits per heavy atom. The number of hydrogen-bond donors (Lipinski definition) is 0. The maximum atomic E-state index is 11.6. The lowest BCUT2D eigenvalue weighted by Crippen LogP contribution is -2.02. The van der Waals surface area contributed by atoms with Gasteiger partial charge in [-0.2, -0.15) is 0 Å². The van der Waals surface area contributed by atoms with Gasteiger partial charge in [0.25, 0.3) is 0 Å². The van der Waals surface area contributed by atoms with Crippen molar-refractivity contribution in [1.82, 2.24) is 0 Å². The second-order valence-electron chi connectivity index (χ2n) is 3.77. The van der Waals surface area contributed by atoms with Crippen LogP contribution in [0.2, 0.25) is 0 Å². The van der Waals surface area contributed by atoms with E-state index in [0.717, 1.165) is 28.5 Å². The third-order valence-electron chi connectivity index (χ3n) is 2.59. The Bertz CT molecular complexity index is 423. The number of rotatable bonds is 3. The lowest BCUT2D eigenvalue weighted by molar-refractivity contribution is -0.140. The Kier molecular flexibility index (Phi) is 3.44. The van der Waals surface area contributed by atoms with Crippen LogP contribution in [-0.4, -0.2) is 5.97 Å². The Morgan fingerprint density at radius 1 is 1.31 bits per heavy atom. The fraction of sp³-hybridized carbons (Fsp3) is 0.308. The van der Waals surface area contributed by atoms with Crippen molar-refractivity contribution in [2.24, 2.45) is 0 Å². The van der Waals surface area contributed by atoms with Crippen LogP contribution in [0.1, 0.15) is 31.4 Å². The zero-order valence-electron chi connectivity index (χ0n) is 9.07. The average molecular weight is 281 g/mol. The van der Waals surface area contributed by atoms with Gasteiger partial charge < -0.3 is 4.74 Å². The van der Waals surface area contributed by atoms with Crippen molar-refractivity contribution in [2.75, 3.05) is 0 Å². The molecule has 1 unspecified atom stereocenters. The first-order valence-electron chi connectivity index (χ1n) is 5.38. The van der Waals surface area contributed by atoms with Crippen LogP contribution in [0.3, 0.4) is 0 Å². The standard InChI is InChI=1S/C13H13BrO2/c1-2-6-10-11(14)12(16-13(10)15)9-7-4-3-5-8-9/h3-5,7-8,12H,2,6H2,1H3. The van der Waals surface area contributed by atoms with Crippen molar-refractivity contribution < 1.29 is 9.53 Å². The van der Waals surface area contributed by atoms with Crippen molar-refractivity contribution >= 4 is 21.9 Å². The van der Waals surface area contributed by atoms with E-state index in [9.17, 15) is 4.79 Å². The molecule has 0 aliphatic carbocycles. The molecule has 0 spiro atoms. The smallest absolute Gasteiger partial charge is 0.335 e. The van der Waals surface area contributed by atoms with Crippen LogP contribution in [0.5, 0.6) is 0 Å². The van der Waals surface area contributed by atoms with E-state index >= 15 is 0 Å². The number of carbonyl (C=O) groups excluding carboxylic acids is 1. The summed E-state index contributed by atoms with van der Waals surface area (Å²) in [5.41, 5.74) is 1.78. The highest BCUT2D eigenvalue weighted by molar-refractivity contribution is 9.11. The van der Waals surface area contributed by atoms with E-state index in [-0.39, 0.29) is 12.1 Å². The van der Waals surface area contributed by atoms with E-state index in [4.69, 9.17) is 4.74 Å². The summed E-state index contributed by atoms with van der Waals surface area (Å²) in [5, 5.41) is 0. The van der Waals surface area contributed by atoms with Gasteiger partial charge in [-0.25, -0.2) is 4.79 Å². The average Bonchev–Trinajstić information content (AvgIpc) is 2.59. The molecular formula is C13H13BrO2. The van der Waals surface area contributed by atoms with Gasteiger partial charge in [0.1, 0.15) is 0 Å². The van der Waals surface area contributed by atoms with Crippen molar-refractivity contribution in [2.45, 2.75) is 25.9 Å². The van der Waals surface area contributed by atoms with Gasteiger partial charge in [-0.05, 0) is 12.0 Å². The normalized spacial score (nSPS) is 20.1. The van der Waals surface area contributed by atoms with Crippen LogP contribution in [0, 0.1) is 0 Å². The highest BCUT2D eigenvalue weighted by Crippen LogP contribution is 2.40. The zero-order valence-corrected chi connectivity index (χ0v) is 10.7. The van der Waals surface area contributed by atoms with Gasteiger partial charge in [-0.3, -0.25) is 0 Å².